The van der Waals surface area contributed by atoms with Crippen LogP contribution < -0.4 is 20.1 Å². The molecule has 6 nitrogen and oxygen atoms in total. The molecule has 0 fully saturated rings. The van der Waals surface area contributed by atoms with Gasteiger partial charge in [-0.05, 0) is 44.0 Å². The van der Waals surface area contributed by atoms with Gasteiger partial charge in [0.15, 0.2) is 5.96 Å². The Morgan fingerprint density at radius 1 is 1.22 bits per heavy atom. The van der Waals surface area contributed by atoms with Gasteiger partial charge in [0.25, 0.3) is 0 Å². The van der Waals surface area contributed by atoms with Gasteiger partial charge in [-0.15, -0.1) is 0 Å². The predicted molar refractivity (Wildman–Crippen MR) is 93.7 cm³/mol. The van der Waals surface area contributed by atoms with Crippen molar-refractivity contribution in [1.29, 1.82) is 0 Å². The minimum atomic E-state index is 0.198. The van der Waals surface area contributed by atoms with Crippen molar-refractivity contribution in [2.45, 2.75) is 26.3 Å². The van der Waals surface area contributed by atoms with E-state index in [1.165, 1.54) is 0 Å². The number of benzene rings is 1. The van der Waals surface area contributed by atoms with Crippen LogP contribution in [0.2, 0.25) is 0 Å². The Hall–Kier alpha value is -1.95. The first-order valence-electron chi connectivity index (χ1n) is 7.89. The van der Waals surface area contributed by atoms with Gasteiger partial charge in [0.1, 0.15) is 11.5 Å². The highest BCUT2D eigenvalue weighted by Gasteiger charge is 2.07. The molecule has 23 heavy (non-hydrogen) atoms. The number of nitrogens with zero attached hydrogens (tertiary/aromatic N) is 1. The summed E-state index contributed by atoms with van der Waals surface area (Å²) in [6.07, 6.45) is 0.773. The summed E-state index contributed by atoms with van der Waals surface area (Å²) >= 11 is 0. The number of aliphatic imine (C=N–C) groups is 1. The Morgan fingerprint density at radius 3 is 2.61 bits per heavy atom. The van der Waals surface area contributed by atoms with Crippen LogP contribution in [0.15, 0.2) is 23.2 Å². The maximum absolute atomic E-state index is 5.39. The van der Waals surface area contributed by atoms with E-state index in [0.717, 1.165) is 36.0 Å². The highest BCUT2D eigenvalue weighted by Crippen LogP contribution is 2.24. The minimum absolute atomic E-state index is 0.198. The third-order valence-electron chi connectivity index (χ3n) is 3.28. The molecular formula is C17H29N3O3. The van der Waals surface area contributed by atoms with Crippen LogP contribution in [0.25, 0.3) is 0 Å². The van der Waals surface area contributed by atoms with Crippen LogP contribution in [0, 0.1) is 0 Å². The van der Waals surface area contributed by atoms with E-state index in [0.29, 0.717) is 13.2 Å². The van der Waals surface area contributed by atoms with E-state index in [9.17, 15) is 0 Å². The fraction of sp³-hybridized carbons (Fsp3) is 0.588. The normalized spacial score (nSPS) is 12.7. The van der Waals surface area contributed by atoms with Crippen LogP contribution in [-0.4, -0.2) is 53.0 Å². The molecule has 0 aliphatic carbocycles. The van der Waals surface area contributed by atoms with E-state index < -0.39 is 0 Å². The highest BCUT2D eigenvalue weighted by molar-refractivity contribution is 5.80. The van der Waals surface area contributed by atoms with Gasteiger partial charge in [-0.3, -0.25) is 4.99 Å². The molecule has 130 valence electrons. The van der Waals surface area contributed by atoms with Gasteiger partial charge in [-0.25, -0.2) is 0 Å². The zero-order valence-electron chi connectivity index (χ0n) is 14.8. The first-order chi connectivity index (χ1) is 11.1. The third kappa shape index (κ3) is 6.78. The summed E-state index contributed by atoms with van der Waals surface area (Å²) in [4.78, 5) is 4.60. The lowest BCUT2D eigenvalue weighted by Gasteiger charge is -2.17. The van der Waals surface area contributed by atoms with E-state index in [1.54, 1.807) is 21.3 Å². The third-order valence-corrected chi connectivity index (χ3v) is 3.28. The van der Waals surface area contributed by atoms with E-state index in [-0.39, 0.29) is 6.04 Å². The molecule has 1 aromatic carbocycles. The first-order valence-corrected chi connectivity index (χ1v) is 7.89. The predicted octanol–water partition coefficient (Wildman–Crippen LogP) is 1.84. The Bertz CT molecular complexity index is 492. The number of nitrogens with one attached hydrogen (secondary N) is 2. The summed E-state index contributed by atoms with van der Waals surface area (Å²) in [5.74, 6) is 2.47. The van der Waals surface area contributed by atoms with Gasteiger partial charge in [-0.1, -0.05) is 0 Å². The molecule has 0 saturated carbocycles. The lowest BCUT2D eigenvalue weighted by atomic mass is 10.1. The van der Waals surface area contributed by atoms with E-state index in [4.69, 9.17) is 14.2 Å². The van der Waals surface area contributed by atoms with Crippen molar-refractivity contribution in [3.8, 4) is 11.5 Å². The molecule has 0 radical (unpaired) electrons. The van der Waals surface area contributed by atoms with E-state index >= 15 is 0 Å². The largest absolute Gasteiger partial charge is 0.497 e. The van der Waals surface area contributed by atoms with Crippen molar-refractivity contribution >= 4 is 5.96 Å². The molecule has 0 heterocycles. The van der Waals surface area contributed by atoms with Crippen LogP contribution in [0.1, 0.15) is 19.4 Å². The molecule has 0 aliphatic rings. The summed E-state index contributed by atoms with van der Waals surface area (Å²) in [5.41, 5.74) is 1.08. The molecule has 0 spiro atoms. The molecule has 1 unspecified atom stereocenters. The molecule has 0 aromatic heterocycles. The Morgan fingerprint density at radius 2 is 2.00 bits per heavy atom. The van der Waals surface area contributed by atoms with Crippen LogP contribution >= 0.6 is 0 Å². The summed E-state index contributed by atoms with van der Waals surface area (Å²) in [6.45, 7) is 6.20. The van der Waals surface area contributed by atoms with Crippen LogP contribution in [0.3, 0.4) is 0 Å². The maximum Gasteiger partial charge on any atom is 0.191 e. The quantitative estimate of drug-likeness (QED) is 0.536. The summed E-state index contributed by atoms with van der Waals surface area (Å²) in [5, 5.41) is 6.55. The molecule has 0 amide bonds. The Kier molecular flexibility index (Phi) is 8.90. The fourth-order valence-electron chi connectivity index (χ4n) is 2.21. The van der Waals surface area contributed by atoms with Crippen molar-refractivity contribution in [1.82, 2.24) is 10.6 Å². The second-order valence-electron chi connectivity index (χ2n) is 5.19. The van der Waals surface area contributed by atoms with E-state index in [1.807, 2.05) is 25.1 Å². The van der Waals surface area contributed by atoms with Crippen molar-refractivity contribution in [3.63, 3.8) is 0 Å². The van der Waals surface area contributed by atoms with Crippen molar-refractivity contribution in [2.75, 3.05) is 41.0 Å². The van der Waals surface area contributed by atoms with Crippen molar-refractivity contribution in [2.24, 2.45) is 4.99 Å². The van der Waals surface area contributed by atoms with Crippen molar-refractivity contribution < 1.29 is 14.2 Å². The molecule has 0 bridgehead atoms. The molecule has 0 aliphatic heterocycles. The minimum Gasteiger partial charge on any atom is -0.497 e. The second kappa shape index (κ2) is 10.7. The molecule has 2 N–H and O–H groups in total. The van der Waals surface area contributed by atoms with Crippen molar-refractivity contribution in [3.05, 3.63) is 23.8 Å². The average Bonchev–Trinajstić information content (AvgIpc) is 2.55. The molecular weight excluding hydrogens is 294 g/mol. The number of methoxy groups -OCH3 is 3. The second-order valence-corrected chi connectivity index (χ2v) is 5.19. The van der Waals surface area contributed by atoms with Gasteiger partial charge < -0.3 is 24.8 Å². The summed E-state index contributed by atoms with van der Waals surface area (Å²) < 4.78 is 15.8. The summed E-state index contributed by atoms with van der Waals surface area (Å²) in [7, 11) is 5.03. The smallest absolute Gasteiger partial charge is 0.191 e. The lowest BCUT2D eigenvalue weighted by Crippen LogP contribution is -2.44. The Balaban J connectivity index is 2.69. The molecule has 1 rings (SSSR count). The number of hydrogen-bond acceptors (Lipinski definition) is 4. The fourth-order valence-corrected chi connectivity index (χ4v) is 2.21. The zero-order valence-corrected chi connectivity index (χ0v) is 14.8. The molecule has 1 atom stereocenters. The van der Waals surface area contributed by atoms with Crippen LogP contribution in [0.4, 0.5) is 0 Å². The van der Waals surface area contributed by atoms with Crippen LogP contribution in [-0.2, 0) is 11.2 Å². The van der Waals surface area contributed by atoms with Gasteiger partial charge >= 0.3 is 0 Å². The first kappa shape index (κ1) is 19.1. The molecule has 6 heteroatoms. The molecule has 1 aromatic rings. The van der Waals surface area contributed by atoms with Gasteiger partial charge in [0, 0.05) is 26.2 Å². The Labute approximate surface area is 139 Å². The number of guanidine groups is 1. The maximum atomic E-state index is 5.39. The monoisotopic (exact) mass is 323 g/mol. The topological polar surface area (TPSA) is 64.1 Å². The van der Waals surface area contributed by atoms with Gasteiger partial charge in [0.05, 0.1) is 20.8 Å². The highest BCUT2D eigenvalue weighted by atomic mass is 16.5. The number of hydrogen-bond donors (Lipinski definition) is 2. The van der Waals surface area contributed by atoms with Gasteiger partial charge in [0.2, 0.25) is 0 Å². The SMILES string of the molecule is CCNC(=NCCc1cc(OC)ccc1OC)NC(C)COC. The summed E-state index contributed by atoms with van der Waals surface area (Å²) in [6, 6.07) is 6.00. The standard InChI is InChI=1S/C17H29N3O3/c1-6-18-17(20-13(2)12-21-3)19-10-9-14-11-15(22-4)7-8-16(14)23-5/h7-8,11,13H,6,9-10,12H2,1-5H3,(H2,18,19,20). The lowest BCUT2D eigenvalue weighted by molar-refractivity contribution is 0.179. The van der Waals surface area contributed by atoms with Gasteiger partial charge in [-0.2, -0.15) is 0 Å². The van der Waals surface area contributed by atoms with Crippen LogP contribution in [0.5, 0.6) is 11.5 Å². The average molecular weight is 323 g/mol. The zero-order chi connectivity index (χ0) is 17.1. The number of ether oxygens (including phenoxy) is 3. The number of rotatable bonds is 9. The van der Waals surface area contributed by atoms with E-state index in [2.05, 4.69) is 22.5 Å². The molecule has 0 saturated heterocycles.